The molecule has 21 heavy (non-hydrogen) atoms. The Balaban J connectivity index is 2.25. The normalized spacial score (nSPS) is 9.67. The number of carbonyl (C=O) groups excluding carboxylic acids is 1. The Morgan fingerprint density at radius 1 is 1.19 bits per heavy atom. The van der Waals surface area contributed by atoms with Crippen LogP contribution in [0.2, 0.25) is 0 Å². The van der Waals surface area contributed by atoms with E-state index in [0.717, 1.165) is 12.8 Å². The lowest BCUT2D eigenvalue weighted by Crippen LogP contribution is -2.24. The molecular formula is C16H19NO4. The van der Waals surface area contributed by atoms with Crippen LogP contribution in [0.4, 0.5) is 0 Å². The molecule has 0 bridgehead atoms. The van der Waals surface area contributed by atoms with E-state index in [4.69, 9.17) is 16.3 Å². The molecule has 2 N–H and O–H groups in total. The number of carbonyl (C=O) groups is 2. The minimum absolute atomic E-state index is 0.156. The molecule has 0 aromatic heterocycles. The van der Waals surface area contributed by atoms with Crippen LogP contribution in [0.1, 0.15) is 36.0 Å². The number of hydrogen-bond donors (Lipinski definition) is 2. The molecule has 1 aromatic rings. The van der Waals surface area contributed by atoms with Crippen LogP contribution in [0.5, 0.6) is 5.75 Å². The van der Waals surface area contributed by atoms with Gasteiger partial charge in [0.25, 0.3) is 5.91 Å². The maximum Gasteiger partial charge on any atom is 0.303 e. The molecule has 0 saturated heterocycles. The Kier molecular flexibility index (Phi) is 7.44. The lowest BCUT2D eigenvalue weighted by Gasteiger charge is -2.06. The predicted octanol–water partition coefficient (Wildman–Crippen LogP) is 2.07. The Labute approximate surface area is 124 Å². The quantitative estimate of drug-likeness (QED) is 0.539. The van der Waals surface area contributed by atoms with Crippen molar-refractivity contribution in [3.63, 3.8) is 0 Å². The maximum absolute atomic E-state index is 11.8. The Morgan fingerprint density at radius 3 is 2.52 bits per heavy atom. The zero-order valence-corrected chi connectivity index (χ0v) is 11.8. The summed E-state index contributed by atoms with van der Waals surface area (Å²) in [6, 6.07) is 6.73. The number of nitrogens with one attached hydrogen (secondary N) is 1. The van der Waals surface area contributed by atoms with Gasteiger partial charge in [0.05, 0.1) is 0 Å². The number of rotatable bonds is 9. The molecule has 1 amide bonds. The van der Waals surface area contributed by atoms with Crippen molar-refractivity contribution < 1.29 is 19.4 Å². The summed E-state index contributed by atoms with van der Waals surface area (Å²) in [4.78, 5) is 22.2. The summed E-state index contributed by atoms with van der Waals surface area (Å²) in [5, 5.41) is 11.3. The van der Waals surface area contributed by atoms with Gasteiger partial charge in [0.15, 0.2) is 0 Å². The number of unbranched alkanes of at least 4 members (excludes halogenated alkanes) is 2. The highest BCUT2D eigenvalue weighted by atomic mass is 16.5. The predicted molar refractivity (Wildman–Crippen MR) is 79.2 cm³/mol. The van der Waals surface area contributed by atoms with E-state index in [0.29, 0.717) is 24.3 Å². The molecule has 0 fully saturated rings. The van der Waals surface area contributed by atoms with Gasteiger partial charge in [-0.3, -0.25) is 9.59 Å². The second-order valence-electron chi connectivity index (χ2n) is 4.48. The molecule has 0 aliphatic carbocycles. The van der Waals surface area contributed by atoms with Crippen molar-refractivity contribution in [3.05, 3.63) is 29.8 Å². The van der Waals surface area contributed by atoms with Gasteiger partial charge < -0.3 is 15.2 Å². The average Bonchev–Trinajstić information content (AvgIpc) is 2.48. The molecule has 0 heterocycles. The van der Waals surface area contributed by atoms with Gasteiger partial charge in [0, 0.05) is 18.5 Å². The number of ether oxygens (including phenoxy) is 1. The number of amides is 1. The largest absolute Gasteiger partial charge is 0.481 e. The summed E-state index contributed by atoms with van der Waals surface area (Å²) in [7, 11) is 0. The van der Waals surface area contributed by atoms with Crippen LogP contribution in [-0.4, -0.2) is 30.1 Å². The SMILES string of the molecule is C#CCOc1ccc(C(=O)NCCCCCC(=O)O)cc1. The Hall–Kier alpha value is -2.48. The molecule has 112 valence electrons. The van der Waals surface area contributed by atoms with Gasteiger partial charge in [0.1, 0.15) is 12.4 Å². The van der Waals surface area contributed by atoms with E-state index in [-0.39, 0.29) is 18.9 Å². The molecular weight excluding hydrogens is 270 g/mol. The minimum atomic E-state index is -0.786. The molecule has 0 atom stereocenters. The van der Waals surface area contributed by atoms with Crippen molar-refractivity contribution in [1.82, 2.24) is 5.32 Å². The van der Waals surface area contributed by atoms with Crippen molar-refractivity contribution >= 4 is 11.9 Å². The smallest absolute Gasteiger partial charge is 0.303 e. The molecule has 0 saturated carbocycles. The zero-order chi connectivity index (χ0) is 15.5. The first-order valence-corrected chi connectivity index (χ1v) is 6.80. The van der Waals surface area contributed by atoms with Gasteiger partial charge in [-0.2, -0.15) is 0 Å². The average molecular weight is 289 g/mol. The molecule has 0 spiro atoms. The highest BCUT2D eigenvalue weighted by molar-refractivity contribution is 5.94. The number of hydrogen-bond acceptors (Lipinski definition) is 3. The van der Waals surface area contributed by atoms with E-state index < -0.39 is 5.97 Å². The molecule has 0 aliphatic rings. The molecule has 1 aromatic carbocycles. The fourth-order valence-electron chi connectivity index (χ4n) is 1.71. The van der Waals surface area contributed by atoms with Crippen LogP contribution in [0, 0.1) is 12.3 Å². The Morgan fingerprint density at radius 2 is 1.90 bits per heavy atom. The van der Waals surface area contributed by atoms with E-state index in [1.165, 1.54) is 0 Å². The van der Waals surface area contributed by atoms with E-state index in [2.05, 4.69) is 11.2 Å². The summed E-state index contributed by atoms with van der Waals surface area (Å²) >= 11 is 0. The third-order valence-electron chi connectivity index (χ3n) is 2.79. The number of terminal acetylenes is 1. The highest BCUT2D eigenvalue weighted by Crippen LogP contribution is 2.12. The van der Waals surface area contributed by atoms with Gasteiger partial charge in [-0.05, 0) is 37.1 Å². The second kappa shape index (κ2) is 9.43. The van der Waals surface area contributed by atoms with Crippen molar-refractivity contribution in [1.29, 1.82) is 0 Å². The molecule has 1 rings (SSSR count). The van der Waals surface area contributed by atoms with E-state index in [1.807, 2.05) is 0 Å². The summed E-state index contributed by atoms with van der Waals surface area (Å²) in [5.74, 6) is 2.05. The number of carboxylic acids is 1. The van der Waals surface area contributed by atoms with Gasteiger partial charge in [-0.1, -0.05) is 12.3 Å². The standard InChI is InChI=1S/C16H19NO4/c1-2-12-21-14-9-7-13(8-10-14)16(20)17-11-5-3-4-6-15(18)19/h1,7-10H,3-6,11-12H2,(H,17,20)(H,18,19). The minimum Gasteiger partial charge on any atom is -0.481 e. The van der Waals surface area contributed by atoms with Crippen molar-refractivity contribution in [2.75, 3.05) is 13.2 Å². The first-order valence-electron chi connectivity index (χ1n) is 6.80. The van der Waals surface area contributed by atoms with E-state index in [1.54, 1.807) is 24.3 Å². The van der Waals surface area contributed by atoms with Crippen molar-refractivity contribution in [2.45, 2.75) is 25.7 Å². The van der Waals surface area contributed by atoms with Gasteiger partial charge >= 0.3 is 5.97 Å². The summed E-state index contributed by atoms with van der Waals surface area (Å²) < 4.78 is 5.22. The molecule has 5 heteroatoms. The van der Waals surface area contributed by atoms with Crippen molar-refractivity contribution in [3.8, 4) is 18.1 Å². The number of benzene rings is 1. The van der Waals surface area contributed by atoms with Crippen LogP contribution in [0.25, 0.3) is 0 Å². The fourth-order valence-corrected chi connectivity index (χ4v) is 1.71. The molecule has 0 radical (unpaired) electrons. The first kappa shape index (κ1) is 16.6. The van der Waals surface area contributed by atoms with Gasteiger partial charge in [-0.25, -0.2) is 0 Å². The van der Waals surface area contributed by atoms with Crippen LogP contribution < -0.4 is 10.1 Å². The molecule has 0 aliphatic heterocycles. The van der Waals surface area contributed by atoms with Gasteiger partial charge in [-0.15, -0.1) is 6.42 Å². The summed E-state index contributed by atoms with van der Waals surface area (Å²) in [6.07, 6.45) is 7.44. The maximum atomic E-state index is 11.8. The van der Waals surface area contributed by atoms with Crippen LogP contribution in [0.15, 0.2) is 24.3 Å². The summed E-state index contributed by atoms with van der Waals surface area (Å²) in [5.41, 5.74) is 0.550. The van der Waals surface area contributed by atoms with Gasteiger partial charge in [0.2, 0.25) is 0 Å². The summed E-state index contributed by atoms with van der Waals surface area (Å²) in [6.45, 7) is 0.732. The monoisotopic (exact) mass is 289 g/mol. The van der Waals surface area contributed by atoms with Crippen molar-refractivity contribution in [2.24, 2.45) is 0 Å². The number of carboxylic acid groups (broad SMARTS) is 1. The van der Waals surface area contributed by atoms with E-state index in [9.17, 15) is 9.59 Å². The lowest BCUT2D eigenvalue weighted by atomic mass is 10.2. The molecule has 0 unspecified atom stereocenters. The molecule has 5 nitrogen and oxygen atoms in total. The topological polar surface area (TPSA) is 75.6 Å². The number of aliphatic carboxylic acids is 1. The second-order valence-corrected chi connectivity index (χ2v) is 4.48. The third kappa shape index (κ3) is 7.02. The van der Waals surface area contributed by atoms with Crippen LogP contribution in [0.3, 0.4) is 0 Å². The first-order chi connectivity index (χ1) is 10.1. The van der Waals surface area contributed by atoms with E-state index >= 15 is 0 Å². The fraction of sp³-hybridized carbons (Fsp3) is 0.375. The highest BCUT2D eigenvalue weighted by Gasteiger charge is 2.05. The Bertz CT molecular complexity index is 502. The lowest BCUT2D eigenvalue weighted by molar-refractivity contribution is -0.137. The van der Waals surface area contributed by atoms with Crippen LogP contribution >= 0.6 is 0 Å². The zero-order valence-electron chi connectivity index (χ0n) is 11.8. The third-order valence-corrected chi connectivity index (χ3v) is 2.79. The van der Waals surface area contributed by atoms with Crippen LogP contribution in [-0.2, 0) is 4.79 Å².